The number of nitrogens with two attached hydrogens (primary N) is 1. The van der Waals surface area contributed by atoms with Gasteiger partial charge in [-0.05, 0) is 12.5 Å². The molecular weight excluding hydrogens is 290 g/mol. The molecule has 21 heavy (non-hydrogen) atoms. The molecule has 0 aromatic heterocycles. The van der Waals surface area contributed by atoms with Gasteiger partial charge in [0.2, 0.25) is 10.0 Å². The van der Waals surface area contributed by atoms with Crippen LogP contribution in [-0.2, 0) is 20.6 Å². The summed E-state index contributed by atoms with van der Waals surface area (Å²) in [6, 6.07) is 8.89. The van der Waals surface area contributed by atoms with Gasteiger partial charge in [-0.3, -0.25) is 4.79 Å². The molecule has 1 aromatic carbocycles. The Bertz CT molecular complexity index is 581. The highest BCUT2D eigenvalue weighted by atomic mass is 32.2. The third-order valence-electron chi connectivity index (χ3n) is 3.99. The van der Waals surface area contributed by atoms with Crippen molar-refractivity contribution in [1.29, 1.82) is 0 Å². The van der Waals surface area contributed by atoms with Crippen molar-refractivity contribution in [2.45, 2.75) is 18.7 Å². The molecular formula is C14H22N3O3S+. The predicted octanol–water partition coefficient (Wildman–Crippen LogP) is -1.41. The number of nitrogens with zero attached hydrogens (tertiary/aromatic N) is 1. The minimum absolute atomic E-state index is 0.0224. The molecule has 0 unspecified atom stereocenters. The highest BCUT2D eigenvalue weighted by molar-refractivity contribution is 7.88. The van der Waals surface area contributed by atoms with Gasteiger partial charge in [0.05, 0.1) is 31.9 Å². The average molecular weight is 312 g/mol. The van der Waals surface area contributed by atoms with Gasteiger partial charge in [-0.25, -0.2) is 8.42 Å². The molecule has 116 valence electrons. The molecule has 0 bridgehead atoms. The van der Waals surface area contributed by atoms with Crippen LogP contribution in [0.2, 0.25) is 0 Å². The number of piperazine rings is 1. The largest absolute Gasteiger partial charge is 0.365 e. The van der Waals surface area contributed by atoms with E-state index in [0.29, 0.717) is 26.2 Å². The van der Waals surface area contributed by atoms with Crippen LogP contribution in [0.3, 0.4) is 0 Å². The minimum Gasteiger partial charge on any atom is -0.365 e. The van der Waals surface area contributed by atoms with Crippen LogP contribution >= 0.6 is 0 Å². The van der Waals surface area contributed by atoms with Crippen LogP contribution < -0.4 is 10.6 Å². The van der Waals surface area contributed by atoms with E-state index in [1.165, 1.54) is 4.31 Å². The van der Waals surface area contributed by atoms with Crippen LogP contribution in [0, 0.1) is 0 Å². The van der Waals surface area contributed by atoms with Crippen LogP contribution in [0.15, 0.2) is 30.3 Å². The van der Waals surface area contributed by atoms with Gasteiger partial charge >= 0.3 is 0 Å². The van der Waals surface area contributed by atoms with Crippen LogP contribution in [0.4, 0.5) is 0 Å². The average Bonchev–Trinajstić information content (AvgIpc) is 2.47. The molecule has 3 N–H and O–H groups in total. The van der Waals surface area contributed by atoms with Crippen molar-refractivity contribution in [2.24, 2.45) is 5.73 Å². The van der Waals surface area contributed by atoms with Gasteiger partial charge in [-0.15, -0.1) is 0 Å². The zero-order chi connectivity index (χ0) is 15.5. The van der Waals surface area contributed by atoms with Gasteiger partial charge in [0.1, 0.15) is 0 Å². The van der Waals surface area contributed by atoms with Crippen LogP contribution in [0.5, 0.6) is 0 Å². The number of quaternary nitrogens is 1. The summed E-state index contributed by atoms with van der Waals surface area (Å²) in [6.45, 7) is 3.87. The molecule has 0 aliphatic carbocycles. The van der Waals surface area contributed by atoms with Crippen molar-refractivity contribution in [3.8, 4) is 0 Å². The molecule has 2 rings (SSSR count). The lowest BCUT2D eigenvalue weighted by Gasteiger charge is -2.33. The third-order valence-corrected chi connectivity index (χ3v) is 5.84. The molecule has 1 aromatic rings. The van der Waals surface area contributed by atoms with Gasteiger partial charge in [0.25, 0.3) is 5.91 Å². The summed E-state index contributed by atoms with van der Waals surface area (Å²) in [6.07, 6.45) is 0. The molecule has 1 amide bonds. The predicted molar refractivity (Wildman–Crippen MR) is 80.0 cm³/mol. The lowest BCUT2D eigenvalue weighted by Crippen LogP contribution is -3.19. The van der Waals surface area contributed by atoms with Crippen LogP contribution in [-0.4, -0.2) is 50.9 Å². The number of rotatable bonds is 5. The number of hydrogen-bond acceptors (Lipinski definition) is 3. The van der Waals surface area contributed by atoms with Crippen molar-refractivity contribution in [1.82, 2.24) is 4.31 Å². The first kappa shape index (κ1) is 15.9. The maximum Gasteiger partial charge on any atom is 0.275 e. The van der Waals surface area contributed by atoms with E-state index in [4.69, 9.17) is 5.73 Å². The fraction of sp³-hybridized carbons (Fsp3) is 0.500. The molecule has 0 radical (unpaired) electrons. The molecule has 6 nitrogen and oxygen atoms in total. The summed E-state index contributed by atoms with van der Waals surface area (Å²) in [5.41, 5.74) is 6.09. The van der Waals surface area contributed by atoms with E-state index in [1.54, 1.807) is 6.92 Å². The van der Waals surface area contributed by atoms with E-state index < -0.39 is 10.0 Å². The van der Waals surface area contributed by atoms with E-state index in [0.717, 1.165) is 10.5 Å². The Morgan fingerprint density at radius 3 is 2.38 bits per heavy atom. The number of amides is 1. The highest BCUT2D eigenvalue weighted by Gasteiger charge is 2.32. The molecule has 1 aliphatic rings. The first-order valence-electron chi connectivity index (χ1n) is 7.06. The standard InChI is InChI=1S/C14H21N3O3S/c1-12(14(15)18)16-7-9-17(10-8-16)21(19,20)11-13-5-3-2-4-6-13/h2-6,12H,7-11H2,1H3,(H2,15,18)/p+1/t12-/m0/s1. The van der Waals surface area contributed by atoms with E-state index >= 15 is 0 Å². The SMILES string of the molecule is C[C@@H](C(N)=O)[NH+]1CCN(S(=O)(=O)Cc2ccccc2)CC1. The topological polar surface area (TPSA) is 84.9 Å². The van der Waals surface area contributed by atoms with Gasteiger partial charge in [0, 0.05) is 0 Å². The molecule has 7 heteroatoms. The first-order valence-corrected chi connectivity index (χ1v) is 8.67. The second kappa shape index (κ2) is 6.55. The van der Waals surface area contributed by atoms with E-state index in [-0.39, 0.29) is 17.7 Å². The molecule has 1 fully saturated rings. The normalized spacial score (nSPS) is 19.3. The molecule has 1 heterocycles. The minimum atomic E-state index is -3.30. The van der Waals surface area contributed by atoms with Crippen molar-refractivity contribution in [3.05, 3.63) is 35.9 Å². The molecule has 1 atom stereocenters. The Kier molecular flexibility index (Phi) is 4.97. The zero-order valence-electron chi connectivity index (χ0n) is 12.2. The Balaban J connectivity index is 1.96. The van der Waals surface area contributed by atoms with Crippen molar-refractivity contribution in [2.75, 3.05) is 26.2 Å². The maximum atomic E-state index is 12.4. The lowest BCUT2D eigenvalue weighted by atomic mass is 10.2. The molecule has 1 saturated heterocycles. The second-order valence-corrected chi connectivity index (χ2v) is 7.39. The van der Waals surface area contributed by atoms with Crippen molar-refractivity contribution in [3.63, 3.8) is 0 Å². The number of primary amides is 1. The Morgan fingerprint density at radius 2 is 1.86 bits per heavy atom. The number of hydrogen-bond donors (Lipinski definition) is 2. The smallest absolute Gasteiger partial charge is 0.275 e. The summed E-state index contributed by atoms with van der Waals surface area (Å²) < 4.78 is 26.3. The number of sulfonamides is 1. The molecule has 0 saturated carbocycles. The number of carbonyl (C=O) groups is 1. The summed E-state index contributed by atoms with van der Waals surface area (Å²) in [5, 5.41) is 0. The third kappa shape index (κ3) is 4.03. The lowest BCUT2D eigenvalue weighted by molar-refractivity contribution is -0.917. The Labute approximate surface area is 125 Å². The summed E-state index contributed by atoms with van der Waals surface area (Å²) in [4.78, 5) is 12.2. The van der Waals surface area contributed by atoms with Crippen molar-refractivity contribution >= 4 is 15.9 Å². The van der Waals surface area contributed by atoms with E-state index in [2.05, 4.69) is 0 Å². The van der Waals surface area contributed by atoms with Gasteiger partial charge in [-0.2, -0.15) is 4.31 Å². The number of carbonyl (C=O) groups excluding carboxylic acids is 1. The quantitative estimate of drug-likeness (QED) is 0.701. The van der Waals surface area contributed by atoms with E-state index in [1.807, 2.05) is 30.3 Å². The molecule has 1 aliphatic heterocycles. The first-order chi connectivity index (χ1) is 9.90. The van der Waals surface area contributed by atoms with Crippen LogP contribution in [0.25, 0.3) is 0 Å². The zero-order valence-corrected chi connectivity index (χ0v) is 13.0. The number of benzene rings is 1. The van der Waals surface area contributed by atoms with Gasteiger partial charge in [-0.1, -0.05) is 30.3 Å². The van der Waals surface area contributed by atoms with Crippen LogP contribution in [0.1, 0.15) is 12.5 Å². The van der Waals surface area contributed by atoms with Crippen molar-refractivity contribution < 1.29 is 18.1 Å². The summed E-state index contributed by atoms with van der Waals surface area (Å²) >= 11 is 0. The van der Waals surface area contributed by atoms with E-state index in [9.17, 15) is 13.2 Å². The Hall–Kier alpha value is -1.44. The van der Waals surface area contributed by atoms with Gasteiger partial charge < -0.3 is 10.6 Å². The summed E-state index contributed by atoms with van der Waals surface area (Å²) in [5.74, 6) is -0.320. The fourth-order valence-corrected chi connectivity index (χ4v) is 4.10. The second-order valence-electron chi connectivity index (χ2n) is 5.42. The molecule has 0 spiro atoms. The highest BCUT2D eigenvalue weighted by Crippen LogP contribution is 2.10. The Morgan fingerprint density at radius 1 is 1.29 bits per heavy atom. The summed E-state index contributed by atoms with van der Waals surface area (Å²) in [7, 11) is -3.30. The monoisotopic (exact) mass is 312 g/mol. The maximum absolute atomic E-state index is 12.4. The fourth-order valence-electron chi connectivity index (χ4n) is 2.56. The van der Waals surface area contributed by atoms with Gasteiger partial charge in [0.15, 0.2) is 6.04 Å². The number of nitrogens with one attached hydrogen (secondary N) is 1.